The lowest BCUT2D eigenvalue weighted by molar-refractivity contribution is 0.653. The molecule has 0 saturated heterocycles. The van der Waals surface area contributed by atoms with E-state index in [-0.39, 0.29) is 0 Å². The van der Waals surface area contributed by atoms with Crippen LogP contribution in [-0.4, -0.2) is 19.9 Å². The number of furan rings is 1. The second-order valence-corrected chi connectivity index (χ2v) is 19.2. The summed E-state index contributed by atoms with van der Waals surface area (Å²) < 4.78 is 8.41. The maximum absolute atomic E-state index is 6.37. The van der Waals surface area contributed by atoms with Crippen molar-refractivity contribution in [1.82, 2.24) is 19.9 Å². The molecule has 0 spiro atoms. The molecule has 7 aromatic carbocycles. The van der Waals surface area contributed by atoms with Gasteiger partial charge < -0.3 is 4.42 Å². The van der Waals surface area contributed by atoms with Crippen molar-refractivity contribution in [3.05, 3.63) is 239 Å². The van der Waals surface area contributed by atoms with Gasteiger partial charge in [0.1, 0.15) is 5.58 Å². The van der Waals surface area contributed by atoms with Crippen molar-refractivity contribution in [2.75, 3.05) is 0 Å². The van der Waals surface area contributed by atoms with Crippen molar-refractivity contribution in [2.45, 2.75) is 6.92 Å². The molecule has 332 valence electrons. The van der Waals surface area contributed by atoms with Gasteiger partial charge in [-0.15, -0.1) is 0 Å². The number of halogens is 2. The Morgan fingerprint density at radius 3 is 1.17 bits per heavy atom. The van der Waals surface area contributed by atoms with E-state index < -0.39 is 0 Å². The number of para-hydroxylation sites is 1. The highest BCUT2D eigenvalue weighted by Gasteiger charge is 2.19. The fourth-order valence-corrected chi connectivity index (χ4v) is 10.3. The Morgan fingerprint density at radius 2 is 0.743 bits per heavy atom. The van der Waals surface area contributed by atoms with Crippen LogP contribution in [0.25, 0.3) is 123 Å². The summed E-state index contributed by atoms with van der Waals surface area (Å²) in [5.74, 6) is 0. The van der Waals surface area contributed by atoms with E-state index in [2.05, 4.69) is 213 Å². The summed E-state index contributed by atoms with van der Waals surface area (Å²) in [6, 6.07) is 72.4. The van der Waals surface area contributed by atoms with Crippen LogP contribution in [0.2, 0.25) is 0 Å². The van der Waals surface area contributed by atoms with Crippen molar-refractivity contribution >= 4 is 53.9 Å². The fourth-order valence-electron chi connectivity index (χ4n) is 9.48. The van der Waals surface area contributed by atoms with Crippen molar-refractivity contribution in [2.24, 2.45) is 0 Å². The highest BCUT2D eigenvalue weighted by atomic mass is 79.9. The SMILES string of the molecule is Cc1ccc2c(n1)oc1c(-c3ccc(-c4ccccc4-c4cc(-c5ccccc5-c5ccc(-c6cccc(Br)c6)nc5)cc(-c5ccccc5-c5ccc(-c6cccc(Br)c6)nc5)c4)cn3)cccc12. The molecule has 12 rings (SSSR count). The van der Waals surface area contributed by atoms with Gasteiger partial charge in [-0.05, 0) is 136 Å². The first kappa shape index (κ1) is 43.2. The van der Waals surface area contributed by atoms with Gasteiger partial charge in [0.25, 0.3) is 0 Å². The topological polar surface area (TPSA) is 64.7 Å². The summed E-state index contributed by atoms with van der Waals surface area (Å²) >= 11 is 7.25. The number of pyridine rings is 4. The number of hydrogen-bond donors (Lipinski definition) is 0. The Hall–Kier alpha value is -8.10. The number of rotatable bonds is 9. The van der Waals surface area contributed by atoms with E-state index in [1.165, 1.54) is 0 Å². The van der Waals surface area contributed by atoms with E-state index in [0.717, 1.165) is 132 Å². The molecule has 0 unspecified atom stereocenters. The van der Waals surface area contributed by atoms with Crippen LogP contribution < -0.4 is 0 Å². The zero-order valence-corrected chi connectivity index (χ0v) is 41.0. The van der Waals surface area contributed by atoms with Crippen molar-refractivity contribution < 1.29 is 4.42 Å². The minimum atomic E-state index is 0.636. The lowest BCUT2D eigenvalue weighted by Gasteiger charge is -2.18. The molecule has 12 aromatic rings. The minimum absolute atomic E-state index is 0.636. The van der Waals surface area contributed by atoms with Crippen molar-refractivity contribution in [1.29, 1.82) is 0 Å². The number of benzene rings is 7. The van der Waals surface area contributed by atoms with Gasteiger partial charge in [-0.25, -0.2) is 4.98 Å². The molecular weight excluding hydrogens is 989 g/mol. The van der Waals surface area contributed by atoms with E-state index >= 15 is 0 Å². The minimum Gasteiger partial charge on any atom is -0.437 e. The third-order valence-corrected chi connectivity index (χ3v) is 13.9. The Labute approximate surface area is 422 Å². The molecule has 0 radical (unpaired) electrons. The Morgan fingerprint density at radius 1 is 0.329 bits per heavy atom. The lowest BCUT2D eigenvalue weighted by atomic mass is 9.86. The molecule has 0 amide bonds. The third-order valence-electron chi connectivity index (χ3n) is 12.9. The summed E-state index contributed by atoms with van der Waals surface area (Å²) in [4.78, 5) is 19.7. The molecule has 0 fully saturated rings. The van der Waals surface area contributed by atoms with Crippen LogP contribution in [0.4, 0.5) is 0 Å². The lowest BCUT2D eigenvalue weighted by Crippen LogP contribution is -1.93. The predicted octanol–water partition coefficient (Wildman–Crippen LogP) is 18.0. The van der Waals surface area contributed by atoms with Gasteiger partial charge in [-0.1, -0.05) is 159 Å². The Bertz CT molecular complexity index is 3770. The standard InChI is InChI=1S/C63H40Br2N4O/c1-39-23-27-57-56-21-10-22-58(62(56)70-63(57)69-39)61-30-26-44(38-68-61)52-17-4-7-20-55(52)47-32-45(53-18-5-2-15-50(53)42-24-28-59(66-36-42)40-11-8-13-48(64)34-40)31-46(33-47)54-19-6-3-16-51(54)43-25-29-60(67-37-43)41-12-9-14-49(65)35-41/h2-38H,1H3. The Kier molecular flexibility index (Phi) is 11.4. The van der Waals surface area contributed by atoms with Gasteiger partial charge in [0.2, 0.25) is 5.71 Å². The predicted molar refractivity (Wildman–Crippen MR) is 294 cm³/mol. The largest absolute Gasteiger partial charge is 0.437 e. The van der Waals surface area contributed by atoms with Gasteiger partial charge in [0, 0.05) is 77.4 Å². The quantitative estimate of drug-likeness (QED) is 0.144. The molecule has 70 heavy (non-hydrogen) atoms. The molecule has 0 aliphatic rings. The molecule has 0 aliphatic heterocycles. The Balaban J connectivity index is 0.982. The van der Waals surface area contributed by atoms with Crippen LogP contribution in [0.15, 0.2) is 238 Å². The van der Waals surface area contributed by atoms with Gasteiger partial charge in [0.15, 0.2) is 0 Å². The first-order valence-corrected chi connectivity index (χ1v) is 24.6. The van der Waals surface area contributed by atoms with Crippen LogP contribution in [0.1, 0.15) is 5.69 Å². The summed E-state index contributed by atoms with van der Waals surface area (Å²) in [7, 11) is 0. The van der Waals surface area contributed by atoms with Gasteiger partial charge in [0.05, 0.1) is 17.1 Å². The molecule has 0 bridgehead atoms. The van der Waals surface area contributed by atoms with E-state index in [0.29, 0.717) is 5.71 Å². The van der Waals surface area contributed by atoms with Crippen LogP contribution in [0.5, 0.6) is 0 Å². The van der Waals surface area contributed by atoms with Gasteiger partial charge in [-0.3, -0.25) is 15.0 Å². The highest BCUT2D eigenvalue weighted by molar-refractivity contribution is 9.10. The average Bonchev–Trinajstić information content (AvgIpc) is 3.79. The molecule has 0 saturated carbocycles. The molecule has 5 heterocycles. The summed E-state index contributed by atoms with van der Waals surface area (Å²) in [6.45, 7) is 1.98. The third kappa shape index (κ3) is 8.33. The zero-order valence-electron chi connectivity index (χ0n) is 37.8. The van der Waals surface area contributed by atoms with Gasteiger partial charge >= 0.3 is 0 Å². The second-order valence-electron chi connectivity index (χ2n) is 17.3. The number of hydrogen-bond acceptors (Lipinski definition) is 5. The summed E-state index contributed by atoms with van der Waals surface area (Å²) in [6.07, 6.45) is 5.94. The van der Waals surface area contributed by atoms with Crippen molar-refractivity contribution in [3.8, 4) is 101 Å². The maximum Gasteiger partial charge on any atom is 0.227 e. The summed E-state index contributed by atoms with van der Waals surface area (Å²) in [5.41, 5.74) is 21.0. The molecule has 0 atom stereocenters. The molecule has 0 aliphatic carbocycles. The van der Waals surface area contributed by atoms with Crippen LogP contribution in [-0.2, 0) is 0 Å². The van der Waals surface area contributed by atoms with E-state index in [1.807, 2.05) is 55.8 Å². The van der Waals surface area contributed by atoms with Gasteiger partial charge in [-0.2, -0.15) is 0 Å². The average molecular weight is 1030 g/mol. The van der Waals surface area contributed by atoms with E-state index in [4.69, 9.17) is 19.4 Å². The fraction of sp³-hybridized carbons (Fsp3) is 0.0159. The van der Waals surface area contributed by atoms with Crippen LogP contribution in [0, 0.1) is 6.92 Å². The second kappa shape index (κ2) is 18.4. The van der Waals surface area contributed by atoms with E-state index in [1.54, 1.807) is 0 Å². The van der Waals surface area contributed by atoms with Crippen LogP contribution >= 0.6 is 31.9 Å². The molecule has 7 heteroatoms. The molecular formula is C63H40Br2N4O. The number of aryl methyl sites for hydroxylation is 1. The number of fused-ring (bicyclic) bond motifs is 3. The van der Waals surface area contributed by atoms with Crippen LogP contribution in [0.3, 0.4) is 0 Å². The highest BCUT2D eigenvalue weighted by Crippen LogP contribution is 2.43. The first-order valence-electron chi connectivity index (χ1n) is 23.0. The number of nitrogens with zero attached hydrogens (tertiary/aromatic N) is 4. The molecule has 5 aromatic heterocycles. The van der Waals surface area contributed by atoms with Crippen molar-refractivity contribution in [3.63, 3.8) is 0 Å². The molecule has 0 N–H and O–H groups in total. The maximum atomic E-state index is 6.37. The molecule has 5 nitrogen and oxygen atoms in total. The monoisotopic (exact) mass is 1030 g/mol. The normalized spacial score (nSPS) is 11.4. The summed E-state index contributed by atoms with van der Waals surface area (Å²) in [5, 5.41) is 2.02. The first-order chi connectivity index (χ1) is 34.4. The van der Waals surface area contributed by atoms with E-state index in [9.17, 15) is 0 Å². The zero-order chi connectivity index (χ0) is 47.1. The smallest absolute Gasteiger partial charge is 0.227 e. The number of aromatic nitrogens is 4.